The normalized spacial score (nSPS) is 14.1. The number of rotatable bonds is 3. The summed E-state index contributed by atoms with van der Waals surface area (Å²) in [5.41, 5.74) is 1.49. The number of halogens is 1. The van der Waals surface area contributed by atoms with Gasteiger partial charge in [0.05, 0.1) is 23.9 Å². The molecule has 0 radical (unpaired) electrons. The lowest BCUT2D eigenvalue weighted by atomic mass is 10.0. The van der Waals surface area contributed by atoms with Gasteiger partial charge in [-0.05, 0) is 31.4 Å². The highest BCUT2D eigenvalue weighted by atomic mass is 19.1. The number of amides is 1. The van der Waals surface area contributed by atoms with E-state index in [2.05, 4.69) is 10.3 Å². The number of ketones is 1. The van der Waals surface area contributed by atoms with Crippen molar-refractivity contribution in [3.05, 3.63) is 47.0 Å². The fourth-order valence-electron chi connectivity index (χ4n) is 2.79. The maximum atomic E-state index is 13.8. The largest absolute Gasteiger partial charge is 0.497 e. The number of aromatic amines is 1. The Morgan fingerprint density at radius 1 is 1.30 bits per heavy atom. The molecule has 0 bridgehead atoms. The van der Waals surface area contributed by atoms with Crippen molar-refractivity contribution in [1.29, 1.82) is 0 Å². The average Bonchev–Trinajstić information content (AvgIpc) is 2.89. The number of hydrogen-bond donors (Lipinski definition) is 2. The number of fused-ring (bicyclic) bond motifs is 1. The lowest BCUT2D eigenvalue weighted by molar-refractivity contribution is 0.0965. The van der Waals surface area contributed by atoms with Crippen LogP contribution in [0.4, 0.5) is 10.1 Å². The van der Waals surface area contributed by atoms with Crippen LogP contribution >= 0.6 is 0 Å². The second-order valence-electron chi connectivity index (χ2n) is 5.49. The maximum absolute atomic E-state index is 13.8. The molecule has 1 amide bonds. The van der Waals surface area contributed by atoms with Crippen LogP contribution in [0.25, 0.3) is 0 Å². The summed E-state index contributed by atoms with van der Waals surface area (Å²) in [6, 6.07) is 4.09. The van der Waals surface area contributed by atoms with Gasteiger partial charge >= 0.3 is 0 Å². The molecule has 1 aromatic carbocycles. The maximum Gasteiger partial charge on any atom is 0.258 e. The van der Waals surface area contributed by atoms with Crippen molar-refractivity contribution in [1.82, 2.24) is 4.98 Å². The molecule has 3 rings (SSSR count). The molecule has 0 aliphatic heterocycles. The number of hydrogen-bond acceptors (Lipinski definition) is 3. The fourth-order valence-corrected chi connectivity index (χ4v) is 2.79. The first kappa shape index (κ1) is 15.3. The van der Waals surface area contributed by atoms with E-state index in [1.165, 1.54) is 31.5 Å². The summed E-state index contributed by atoms with van der Waals surface area (Å²) in [5, 5.41) is 2.51. The van der Waals surface area contributed by atoms with Crippen LogP contribution in [0.2, 0.25) is 0 Å². The standard InChI is InChI=1S/C17H17FN2O3/c1-23-10-6-7-12(18)14(8-10)20-17(22)11-9-19-13-4-2-3-5-15(21)16(11)13/h6-9,19H,2-5H2,1H3,(H,20,22). The summed E-state index contributed by atoms with van der Waals surface area (Å²) in [7, 11) is 1.46. The van der Waals surface area contributed by atoms with Crippen LogP contribution in [0.3, 0.4) is 0 Å². The Morgan fingerprint density at radius 3 is 2.87 bits per heavy atom. The summed E-state index contributed by atoms with van der Waals surface area (Å²) in [6.45, 7) is 0. The first-order valence-corrected chi connectivity index (χ1v) is 7.48. The molecular formula is C17H17FN2O3. The van der Waals surface area contributed by atoms with Crippen LogP contribution in [0.1, 0.15) is 45.7 Å². The third-order valence-electron chi connectivity index (χ3n) is 3.99. The highest BCUT2D eigenvalue weighted by Gasteiger charge is 2.25. The van der Waals surface area contributed by atoms with Crippen molar-refractivity contribution in [2.24, 2.45) is 0 Å². The van der Waals surface area contributed by atoms with Gasteiger partial charge in [-0.1, -0.05) is 0 Å². The number of carbonyl (C=O) groups is 2. The zero-order valence-corrected chi connectivity index (χ0v) is 12.7. The summed E-state index contributed by atoms with van der Waals surface area (Å²) in [4.78, 5) is 27.7. The van der Waals surface area contributed by atoms with Crippen LogP contribution in [0, 0.1) is 5.82 Å². The van der Waals surface area contributed by atoms with Crippen molar-refractivity contribution in [3.63, 3.8) is 0 Å². The number of ether oxygens (including phenoxy) is 1. The Balaban J connectivity index is 1.90. The Bertz CT molecular complexity index is 767. The first-order valence-electron chi connectivity index (χ1n) is 7.48. The van der Waals surface area contributed by atoms with Crippen LogP contribution in [0.15, 0.2) is 24.4 Å². The highest BCUT2D eigenvalue weighted by Crippen LogP contribution is 2.26. The van der Waals surface area contributed by atoms with E-state index in [1.54, 1.807) is 0 Å². The highest BCUT2D eigenvalue weighted by molar-refractivity contribution is 6.13. The van der Waals surface area contributed by atoms with Gasteiger partial charge in [0.2, 0.25) is 0 Å². The Labute approximate surface area is 132 Å². The number of aryl methyl sites for hydroxylation is 1. The summed E-state index contributed by atoms with van der Waals surface area (Å²) in [6.07, 6.45) is 4.40. The van der Waals surface area contributed by atoms with Gasteiger partial charge in [-0.15, -0.1) is 0 Å². The predicted octanol–water partition coefficient (Wildman–Crippen LogP) is 3.32. The quantitative estimate of drug-likeness (QED) is 0.853. The van der Waals surface area contributed by atoms with Crippen molar-refractivity contribution >= 4 is 17.4 Å². The second-order valence-corrected chi connectivity index (χ2v) is 5.49. The predicted molar refractivity (Wildman–Crippen MR) is 83.6 cm³/mol. The van der Waals surface area contributed by atoms with E-state index in [9.17, 15) is 14.0 Å². The third-order valence-corrected chi connectivity index (χ3v) is 3.99. The number of benzene rings is 1. The minimum atomic E-state index is -0.563. The molecule has 0 fully saturated rings. The van der Waals surface area contributed by atoms with E-state index in [0.29, 0.717) is 17.7 Å². The lowest BCUT2D eigenvalue weighted by Gasteiger charge is -2.09. The van der Waals surface area contributed by atoms with Crippen LogP contribution in [-0.2, 0) is 6.42 Å². The van der Waals surface area contributed by atoms with Crippen molar-refractivity contribution in [2.75, 3.05) is 12.4 Å². The Hall–Kier alpha value is -2.63. The molecule has 5 nitrogen and oxygen atoms in total. The number of H-pyrrole nitrogens is 1. The number of aromatic nitrogens is 1. The van der Waals surface area contributed by atoms with E-state index in [0.717, 1.165) is 25.0 Å². The number of nitrogens with one attached hydrogen (secondary N) is 2. The van der Waals surface area contributed by atoms with Gasteiger partial charge in [-0.3, -0.25) is 9.59 Å². The lowest BCUT2D eigenvalue weighted by Crippen LogP contribution is -2.16. The van der Waals surface area contributed by atoms with E-state index in [1.807, 2.05) is 0 Å². The molecule has 2 N–H and O–H groups in total. The van der Waals surface area contributed by atoms with Crippen LogP contribution in [0.5, 0.6) is 5.75 Å². The molecule has 23 heavy (non-hydrogen) atoms. The molecule has 1 heterocycles. The van der Waals surface area contributed by atoms with Gasteiger partial charge in [0, 0.05) is 24.4 Å². The molecule has 120 valence electrons. The van der Waals surface area contributed by atoms with Gasteiger partial charge in [0.15, 0.2) is 5.78 Å². The van der Waals surface area contributed by atoms with Crippen LogP contribution in [-0.4, -0.2) is 23.8 Å². The zero-order chi connectivity index (χ0) is 16.4. The van der Waals surface area contributed by atoms with Gasteiger partial charge in [0.1, 0.15) is 11.6 Å². The third kappa shape index (κ3) is 2.97. The summed E-state index contributed by atoms with van der Waals surface area (Å²) < 4.78 is 18.9. The topological polar surface area (TPSA) is 71.2 Å². The van der Waals surface area contributed by atoms with Crippen molar-refractivity contribution < 1.29 is 18.7 Å². The molecule has 6 heteroatoms. The number of anilines is 1. The monoisotopic (exact) mass is 316 g/mol. The molecule has 0 saturated heterocycles. The SMILES string of the molecule is COc1ccc(F)c(NC(=O)c2c[nH]c3c2C(=O)CCCC3)c1. The van der Waals surface area contributed by atoms with E-state index < -0.39 is 11.7 Å². The fraction of sp³-hybridized carbons (Fsp3) is 0.294. The van der Waals surface area contributed by atoms with E-state index in [4.69, 9.17) is 4.74 Å². The number of carbonyl (C=O) groups excluding carboxylic acids is 2. The van der Waals surface area contributed by atoms with Gasteiger partial charge < -0.3 is 15.0 Å². The first-order chi connectivity index (χ1) is 11.1. The van der Waals surface area contributed by atoms with Crippen molar-refractivity contribution in [3.8, 4) is 5.75 Å². The Kier molecular flexibility index (Phi) is 4.14. The Morgan fingerprint density at radius 2 is 2.09 bits per heavy atom. The molecule has 0 unspecified atom stereocenters. The molecule has 1 aliphatic rings. The van der Waals surface area contributed by atoms with Gasteiger partial charge in [-0.2, -0.15) is 0 Å². The molecular weight excluding hydrogens is 299 g/mol. The molecule has 0 atom stereocenters. The number of Topliss-reactive ketones (excluding diaryl/α,β-unsaturated/α-hetero) is 1. The van der Waals surface area contributed by atoms with Gasteiger partial charge in [-0.25, -0.2) is 4.39 Å². The summed E-state index contributed by atoms with van der Waals surface area (Å²) >= 11 is 0. The molecule has 1 aromatic heterocycles. The molecule has 1 aliphatic carbocycles. The van der Waals surface area contributed by atoms with E-state index >= 15 is 0 Å². The molecule has 2 aromatic rings. The average molecular weight is 316 g/mol. The van der Waals surface area contributed by atoms with Crippen LogP contribution < -0.4 is 10.1 Å². The zero-order valence-electron chi connectivity index (χ0n) is 12.7. The second kappa shape index (κ2) is 6.24. The van der Waals surface area contributed by atoms with E-state index in [-0.39, 0.29) is 17.0 Å². The number of methoxy groups -OCH3 is 1. The van der Waals surface area contributed by atoms with Gasteiger partial charge in [0.25, 0.3) is 5.91 Å². The minimum Gasteiger partial charge on any atom is -0.497 e. The smallest absolute Gasteiger partial charge is 0.258 e. The molecule has 0 spiro atoms. The van der Waals surface area contributed by atoms with Crippen molar-refractivity contribution in [2.45, 2.75) is 25.7 Å². The molecule has 0 saturated carbocycles. The minimum absolute atomic E-state index is 0.0189. The summed E-state index contributed by atoms with van der Waals surface area (Å²) in [5.74, 6) is -0.683.